The van der Waals surface area contributed by atoms with Crippen LogP contribution in [0.4, 0.5) is 23.0 Å². The molecule has 0 aliphatic carbocycles. The number of aromatic nitrogens is 8. The Morgan fingerprint density at radius 2 is 1.01 bits per heavy atom. The molecule has 0 aromatic carbocycles. The zero-order chi connectivity index (χ0) is 51.6. The van der Waals surface area contributed by atoms with E-state index in [0.717, 1.165) is 45.5 Å². The van der Waals surface area contributed by atoms with Crippen molar-refractivity contribution in [2.24, 2.45) is 0 Å². The minimum Gasteiger partial charge on any atom is -0.378 e. The van der Waals surface area contributed by atoms with Gasteiger partial charge in [0.05, 0.1) is 97.6 Å². The van der Waals surface area contributed by atoms with Crippen molar-refractivity contribution in [3.8, 4) is 12.1 Å². The van der Waals surface area contributed by atoms with Crippen molar-refractivity contribution in [3.63, 3.8) is 0 Å². The molecule has 0 bridgehead atoms. The average molecular weight is 1000 g/mol. The van der Waals surface area contributed by atoms with Crippen LogP contribution >= 0.6 is 0 Å². The van der Waals surface area contributed by atoms with Gasteiger partial charge in [-0.25, -0.2) is 20.2 Å². The van der Waals surface area contributed by atoms with Crippen molar-refractivity contribution in [3.05, 3.63) is 151 Å². The number of anilines is 4. The fraction of sp³-hybridized carbons (Fsp3) is 0.385. The lowest BCUT2D eigenvalue weighted by molar-refractivity contribution is -0.133. The van der Waals surface area contributed by atoms with Crippen molar-refractivity contribution in [1.82, 2.24) is 50.1 Å². The van der Waals surface area contributed by atoms with Gasteiger partial charge in [0.1, 0.15) is 23.8 Å². The van der Waals surface area contributed by atoms with Crippen LogP contribution in [-0.2, 0) is 32.2 Å². The van der Waals surface area contributed by atoms with Gasteiger partial charge >= 0.3 is 0 Å². The van der Waals surface area contributed by atoms with E-state index in [0.29, 0.717) is 127 Å². The second-order valence-corrected chi connectivity index (χ2v) is 18.2. The summed E-state index contributed by atoms with van der Waals surface area (Å²) in [6.07, 6.45) is 10.6. The first-order valence-electron chi connectivity index (χ1n) is 24.5. The minimum atomic E-state index is -0.221. The lowest BCUT2D eigenvalue weighted by Gasteiger charge is -2.35. The molecule has 6 aromatic heterocycles. The average Bonchev–Trinajstić information content (AvgIpc) is 4.01. The number of pyridine rings is 4. The van der Waals surface area contributed by atoms with Crippen molar-refractivity contribution in [2.75, 3.05) is 98.4 Å². The summed E-state index contributed by atoms with van der Waals surface area (Å²) in [6.45, 7) is 11.3. The SMILES string of the molecule is Cc1c(N2Cc3cccnc3[C@@H]2COCCC(=O)N2CCN(c3ccc(C#N)cn3)CC2)cn[nH]c1=O.Cc1c(N2Cc3cccnc3[C@H]2COCCC(=O)N2CCN(c3ccc(C#N)cn3)CC2)cn[nH]c1=O. The first-order valence-corrected chi connectivity index (χ1v) is 24.5. The molecule has 4 aliphatic rings. The summed E-state index contributed by atoms with van der Waals surface area (Å²) in [5, 5.41) is 30.8. The van der Waals surface area contributed by atoms with E-state index in [2.05, 4.69) is 72.1 Å². The van der Waals surface area contributed by atoms with E-state index in [9.17, 15) is 19.2 Å². The maximum atomic E-state index is 12.8. The van der Waals surface area contributed by atoms with E-state index in [1.165, 1.54) is 0 Å². The Morgan fingerprint density at radius 3 is 1.39 bits per heavy atom. The van der Waals surface area contributed by atoms with Crippen LogP contribution in [0.1, 0.15) is 69.7 Å². The third-order valence-corrected chi connectivity index (χ3v) is 13.8. The monoisotopic (exact) mass is 1000 g/mol. The molecule has 0 unspecified atom stereocenters. The fourth-order valence-corrected chi connectivity index (χ4v) is 9.65. The van der Waals surface area contributed by atoms with E-state index in [4.69, 9.17) is 20.0 Å². The van der Waals surface area contributed by atoms with Gasteiger partial charge in [-0.05, 0) is 61.4 Å². The summed E-state index contributed by atoms with van der Waals surface area (Å²) in [5.41, 5.74) is 7.32. The Kier molecular flexibility index (Phi) is 15.9. The summed E-state index contributed by atoms with van der Waals surface area (Å²) < 4.78 is 12.0. The molecule has 6 aromatic rings. The van der Waals surface area contributed by atoms with Crippen LogP contribution in [0.2, 0.25) is 0 Å². The number of nitriles is 2. The van der Waals surface area contributed by atoms with Crippen molar-refractivity contribution < 1.29 is 19.1 Å². The Hall–Kier alpha value is -8.60. The molecule has 74 heavy (non-hydrogen) atoms. The maximum absolute atomic E-state index is 12.8. The fourth-order valence-electron chi connectivity index (χ4n) is 9.65. The molecule has 2 atom stereocenters. The number of ether oxygens (including phenoxy) is 2. The first-order chi connectivity index (χ1) is 36.1. The maximum Gasteiger partial charge on any atom is 0.269 e. The number of hydrogen-bond donors (Lipinski definition) is 2. The first kappa shape index (κ1) is 50.3. The smallest absolute Gasteiger partial charge is 0.269 e. The zero-order valence-electron chi connectivity index (χ0n) is 41.3. The lowest BCUT2D eigenvalue weighted by Crippen LogP contribution is -2.49. The quantitative estimate of drug-likeness (QED) is 0.149. The van der Waals surface area contributed by atoms with Gasteiger partial charge in [0.15, 0.2) is 0 Å². The number of nitrogens with one attached hydrogen (secondary N) is 2. The topological polar surface area (TPSA) is 263 Å². The van der Waals surface area contributed by atoms with Gasteiger partial charge in [-0.2, -0.15) is 20.7 Å². The van der Waals surface area contributed by atoms with Crippen LogP contribution in [0.15, 0.2) is 95.3 Å². The lowest BCUT2D eigenvalue weighted by atomic mass is 10.1. The van der Waals surface area contributed by atoms with Gasteiger partial charge in [-0.1, -0.05) is 12.1 Å². The van der Waals surface area contributed by atoms with Gasteiger partial charge in [0.2, 0.25) is 11.8 Å². The molecule has 2 saturated heterocycles. The molecule has 0 saturated carbocycles. The molecular weight excluding hydrogens is 945 g/mol. The summed E-state index contributed by atoms with van der Waals surface area (Å²) in [6, 6.07) is 18.9. The summed E-state index contributed by atoms with van der Waals surface area (Å²) in [5.74, 6) is 1.75. The van der Waals surface area contributed by atoms with Gasteiger partial charge in [-0.15, -0.1) is 0 Å². The summed E-state index contributed by atoms with van der Waals surface area (Å²) >= 11 is 0. The molecule has 10 rings (SSSR count). The third-order valence-electron chi connectivity index (χ3n) is 13.8. The van der Waals surface area contributed by atoms with E-state index in [1.54, 1.807) is 63.2 Å². The number of carbonyl (C=O) groups excluding carboxylic acids is 2. The molecule has 0 radical (unpaired) electrons. The number of nitrogens with zero attached hydrogens (tertiary/aromatic N) is 14. The number of carbonyl (C=O) groups is 2. The van der Waals surface area contributed by atoms with Gasteiger partial charge in [-0.3, -0.25) is 29.1 Å². The third kappa shape index (κ3) is 11.4. The molecule has 380 valence electrons. The highest BCUT2D eigenvalue weighted by atomic mass is 16.5. The van der Waals surface area contributed by atoms with Crippen LogP contribution in [-0.4, -0.2) is 141 Å². The number of fused-ring (bicyclic) bond motifs is 2. The Morgan fingerprint density at radius 1 is 0.595 bits per heavy atom. The number of amides is 2. The zero-order valence-corrected chi connectivity index (χ0v) is 41.3. The highest BCUT2D eigenvalue weighted by Gasteiger charge is 2.35. The molecule has 2 fully saturated rings. The number of aromatic amines is 2. The number of H-pyrrole nitrogens is 2. The standard InChI is InChI=1S/2C26H28N8O3/c2*1-18-21(15-30-31-26(18)36)34-16-20-3-2-7-28-25(20)22(34)17-37-12-6-24(35)33-10-8-32(9-11-33)23-5-4-19(13-27)14-29-23/h2*2-5,7,14-15,22H,6,8-12,16-17H2,1H3,(H,31,36)/t2*22-/m10/s1. The van der Waals surface area contributed by atoms with Crippen LogP contribution < -0.4 is 30.7 Å². The van der Waals surface area contributed by atoms with Gasteiger partial charge in [0, 0.05) is 101 Å². The Bertz CT molecular complexity index is 2930. The molecule has 10 heterocycles. The van der Waals surface area contributed by atoms with Crippen LogP contribution in [0.25, 0.3) is 0 Å². The molecule has 4 aliphatic heterocycles. The van der Waals surface area contributed by atoms with E-state index in [-0.39, 0.29) is 35.0 Å². The number of rotatable bonds is 14. The van der Waals surface area contributed by atoms with Crippen molar-refractivity contribution in [2.45, 2.75) is 51.9 Å². The molecule has 22 nitrogen and oxygen atoms in total. The normalized spacial score (nSPS) is 17.0. The van der Waals surface area contributed by atoms with Crippen LogP contribution in [0.3, 0.4) is 0 Å². The Labute approximate surface area is 426 Å². The number of hydrogen-bond acceptors (Lipinski definition) is 18. The predicted molar refractivity (Wildman–Crippen MR) is 272 cm³/mol. The van der Waals surface area contributed by atoms with Crippen molar-refractivity contribution in [1.29, 1.82) is 10.5 Å². The van der Waals surface area contributed by atoms with Crippen LogP contribution in [0, 0.1) is 36.5 Å². The molecular formula is C52H56N16O6. The molecule has 2 N–H and O–H groups in total. The van der Waals surface area contributed by atoms with Crippen molar-refractivity contribution >= 4 is 34.8 Å². The minimum absolute atomic E-state index is 0.0591. The van der Waals surface area contributed by atoms with Crippen LogP contribution in [0.5, 0.6) is 0 Å². The van der Waals surface area contributed by atoms with E-state index < -0.39 is 0 Å². The van der Waals surface area contributed by atoms with Gasteiger partial charge in [0.25, 0.3) is 11.1 Å². The largest absolute Gasteiger partial charge is 0.378 e. The Balaban J connectivity index is 0.000000182. The highest BCUT2D eigenvalue weighted by Crippen LogP contribution is 2.38. The predicted octanol–water partition coefficient (Wildman–Crippen LogP) is 3.11. The summed E-state index contributed by atoms with van der Waals surface area (Å²) in [7, 11) is 0. The molecule has 0 spiro atoms. The van der Waals surface area contributed by atoms with Gasteiger partial charge < -0.3 is 38.9 Å². The second kappa shape index (κ2) is 23.3. The van der Waals surface area contributed by atoms with E-state index >= 15 is 0 Å². The molecule has 22 heteroatoms. The summed E-state index contributed by atoms with van der Waals surface area (Å²) in [4.78, 5) is 79.8. The van der Waals surface area contributed by atoms with E-state index in [1.807, 2.05) is 46.2 Å². The number of piperazine rings is 2. The molecule has 2 amide bonds. The second-order valence-electron chi connectivity index (χ2n) is 18.2. The highest BCUT2D eigenvalue weighted by molar-refractivity contribution is 5.77.